The van der Waals surface area contributed by atoms with Crippen molar-refractivity contribution in [3.05, 3.63) is 65.7 Å². The van der Waals surface area contributed by atoms with Crippen LogP contribution in [-0.4, -0.2) is 48.5 Å². The molecule has 2 aromatic carbocycles. The number of anilines is 1. The summed E-state index contributed by atoms with van der Waals surface area (Å²) >= 11 is 0. The molecule has 2 heterocycles. The van der Waals surface area contributed by atoms with Gasteiger partial charge in [0.05, 0.1) is 6.04 Å². The van der Waals surface area contributed by atoms with E-state index in [9.17, 15) is 14.4 Å². The number of hydrogen-bond donors (Lipinski definition) is 1. The molecule has 0 spiro atoms. The Labute approximate surface area is 169 Å². The number of alkyl carbamates (subject to hydrolysis) is 1. The van der Waals surface area contributed by atoms with Crippen LogP contribution >= 0.6 is 0 Å². The highest BCUT2D eigenvalue weighted by Gasteiger charge is 2.32. The first-order chi connectivity index (χ1) is 14.1. The fraction of sp³-hybridized carbons (Fsp3) is 0.318. The number of nitrogens with one attached hydrogen (secondary N) is 1. The lowest BCUT2D eigenvalue weighted by atomic mass is 10.1. The third-order valence-corrected chi connectivity index (χ3v) is 5.20. The number of rotatable bonds is 5. The highest BCUT2D eigenvalue weighted by Crippen LogP contribution is 2.22. The normalized spacial score (nSPS) is 16.5. The summed E-state index contributed by atoms with van der Waals surface area (Å²) in [6, 6.07) is 16.5. The van der Waals surface area contributed by atoms with Gasteiger partial charge in [-0.15, -0.1) is 0 Å². The third-order valence-electron chi connectivity index (χ3n) is 5.20. The number of ether oxygens (including phenoxy) is 1. The molecule has 0 saturated carbocycles. The fourth-order valence-corrected chi connectivity index (χ4v) is 3.55. The molecule has 2 fully saturated rings. The van der Waals surface area contributed by atoms with Gasteiger partial charge in [0.1, 0.15) is 6.61 Å². The van der Waals surface area contributed by atoms with Crippen molar-refractivity contribution in [2.24, 2.45) is 0 Å². The fourth-order valence-electron chi connectivity index (χ4n) is 3.55. The molecular formula is C22H23N3O4. The van der Waals surface area contributed by atoms with Crippen LogP contribution in [0.1, 0.15) is 28.8 Å². The first-order valence-corrected chi connectivity index (χ1v) is 9.77. The number of nitrogens with zero attached hydrogens (tertiary/aromatic N) is 2. The molecule has 1 N–H and O–H groups in total. The number of benzene rings is 2. The Balaban J connectivity index is 1.22. The summed E-state index contributed by atoms with van der Waals surface area (Å²) in [4.78, 5) is 39.7. The van der Waals surface area contributed by atoms with Crippen molar-refractivity contribution in [1.29, 1.82) is 0 Å². The molecule has 150 valence electrons. The number of likely N-dealkylation sites (tertiary alicyclic amines) is 1. The standard InChI is InChI=1S/C22H23N3O4/c26-20-7-4-12-25(20)19-10-8-17(9-11-19)21(27)24-13-18(14-24)23-22(28)29-15-16-5-2-1-3-6-16/h1-3,5-6,8-11,18H,4,7,12-15H2,(H,23,28). The van der Waals surface area contributed by atoms with Gasteiger partial charge in [-0.2, -0.15) is 0 Å². The Morgan fingerprint density at radius 2 is 1.76 bits per heavy atom. The summed E-state index contributed by atoms with van der Waals surface area (Å²) in [5.74, 6) is 0.0416. The molecule has 0 aliphatic carbocycles. The predicted molar refractivity (Wildman–Crippen MR) is 107 cm³/mol. The van der Waals surface area contributed by atoms with Crippen molar-refractivity contribution >= 4 is 23.6 Å². The largest absolute Gasteiger partial charge is 0.445 e. The molecule has 2 aliphatic heterocycles. The number of hydrogen-bond acceptors (Lipinski definition) is 4. The van der Waals surface area contributed by atoms with Crippen LogP contribution in [0.2, 0.25) is 0 Å². The first kappa shape index (κ1) is 19.0. The summed E-state index contributed by atoms with van der Waals surface area (Å²) in [5, 5.41) is 2.77. The van der Waals surface area contributed by atoms with Crippen molar-refractivity contribution < 1.29 is 19.1 Å². The molecule has 7 nitrogen and oxygen atoms in total. The van der Waals surface area contributed by atoms with Crippen LogP contribution in [0.15, 0.2) is 54.6 Å². The van der Waals surface area contributed by atoms with Crippen molar-refractivity contribution in [3.63, 3.8) is 0 Å². The van der Waals surface area contributed by atoms with E-state index in [0.29, 0.717) is 25.1 Å². The van der Waals surface area contributed by atoms with E-state index in [1.54, 1.807) is 21.9 Å². The topological polar surface area (TPSA) is 79.0 Å². The molecular weight excluding hydrogens is 370 g/mol. The number of amides is 3. The lowest BCUT2D eigenvalue weighted by Crippen LogP contribution is -2.61. The van der Waals surface area contributed by atoms with Gasteiger partial charge in [0.25, 0.3) is 5.91 Å². The minimum atomic E-state index is -0.481. The minimum Gasteiger partial charge on any atom is -0.445 e. The highest BCUT2D eigenvalue weighted by molar-refractivity contribution is 5.98. The Hall–Kier alpha value is -3.35. The molecule has 0 radical (unpaired) electrons. The molecule has 0 aromatic heterocycles. The summed E-state index contributed by atoms with van der Waals surface area (Å²) in [5.41, 5.74) is 2.33. The Bertz CT molecular complexity index is 892. The van der Waals surface area contributed by atoms with Gasteiger partial charge in [0.15, 0.2) is 0 Å². The smallest absolute Gasteiger partial charge is 0.407 e. The quantitative estimate of drug-likeness (QED) is 0.847. The van der Waals surface area contributed by atoms with E-state index in [4.69, 9.17) is 4.74 Å². The van der Waals surface area contributed by atoms with Gasteiger partial charge in [0, 0.05) is 37.3 Å². The average Bonchev–Trinajstić information content (AvgIpc) is 3.15. The van der Waals surface area contributed by atoms with Crippen molar-refractivity contribution in [1.82, 2.24) is 10.2 Å². The second kappa shape index (κ2) is 8.34. The van der Waals surface area contributed by atoms with Gasteiger partial charge >= 0.3 is 6.09 Å². The molecule has 7 heteroatoms. The van der Waals surface area contributed by atoms with Gasteiger partial charge in [-0.3, -0.25) is 9.59 Å². The second-order valence-corrected chi connectivity index (χ2v) is 7.31. The summed E-state index contributed by atoms with van der Waals surface area (Å²) in [6.45, 7) is 1.84. The number of carbonyl (C=O) groups is 3. The van der Waals surface area contributed by atoms with E-state index in [1.807, 2.05) is 42.5 Å². The zero-order valence-corrected chi connectivity index (χ0v) is 16.0. The lowest BCUT2D eigenvalue weighted by molar-refractivity contribution is -0.117. The van der Waals surface area contributed by atoms with E-state index >= 15 is 0 Å². The van der Waals surface area contributed by atoms with Crippen LogP contribution in [0.5, 0.6) is 0 Å². The van der Waals surface area contributed by atoms with Crippen LogP contribution in [-0.2, 0) is 16.1 Å². The lowest BCUT2D eigenvalue weighted by Gasteiger charge is -2.39. The second-order valence-electron chi connectivity index (χ2n) is 7.31. The van der Waals surface area contributed by atoms with Gasteiger partial charge in [-0.25, -0.2) is 4.79 Å². The third kappa shape index (κ3) is 4.39. The minimum absolute atomic E-state index is 0.0833. The van der Waals surface area contributed by atoms with Gasteiger partial charge in [-0.05, 0) is 36.2 Å². The van der Waals surface area contributed by atoms with Gasteiger partial charge < -0.3 is 19.9 Å². The Morgan fingerprint density at radius 1 is 1.03 bits per heavy atom. The maximum atomic E-state index is 12.6. The van der Waals surface area contributed by atoms with Crippen molar-refractivity contribution in [2.75, 3.05) is 24.5 Å². The summed E-state index contributed by atoms with van der Waals surface area (Å²) < 4.78 is 5.20. The Morgan fingerprint density at radius 3 is 2.41 bits per heavy atom. The van der Waals surface area contributed by atoms with Crippen LogP contribution in [0.25, 0.3) is 0 Å². The van der Waals surface area contributed by atoms with E-state index in [0.717, 1.165) is 24.2 Å². The molecule has 2 saturated heterocycles. The van der Waals surface area contributed by atoms with E-state index in [-0.39, 0.29) is 24.5 Å². The monoisotopic (exact) mass is 393 g/mol. The molecule has 2 aromatic rings. The molecule has 29 heavy (non-hydrogen) atoms. The summed E-state index contributed by atoms with van der Waals surface area (Å²) in [6.07, 6.45) is 0.970. The molecule has 0 atom stereocenters. The summed E-state index contributed by atoms with van der Waals surface area (Å²) in [7, 11) is 0. The van der Waals surface area contributed by atoms with Crippen LogP contribution < -0.4 is 10.2 Å². The molecule has 0 unspecified atom stereocenters. The maximum Gasteiger partial charge on any atom is 0.407 e. The van der Waals surface area contributed by atoms with Gasteiger partial charge in [0.2, 0.25) is 5.91 Å². The van der Waals surface area contributed by atoms with E-state index < -0.39 is 6.09 Å². The molecule has 3 amide bonds. The van der Waals surface area contributed by atoms with E-state index in [1.165, 1.54) is 0 Å². The zero-order valence-electron chi connectivity index (χ0n) is 16.0. The van der Waals surface area contributed by atoms with Crippen LogP contribution in [0.4, 0.5) is 10.5 Å². The van der Waals surface area contributed by atoms with Crippen LogP contribution in [0, 0.1) is 0 Å². The first-order valence-electron chi connectivity index (χ1n) is 9.77. The maximum absolute atomic E-state index is 12.6. The average molecular weight is 393 g/mol. The van der Waals surface area contributed by atoms with Crippen molar-refractivity contribution in [2.45, 2.75) is 25.5 Å². The zero-order chi connectivity index (χ0) is 20.2. The molecule has 2 aliphatic rings. The van der Waals surface area contributed by atoms with Crippen LogP contribution in [0.3, 0.4) is 0 Å². The SMILES string of the molecule is O=C(NC1CN(C(=O)c2ccc(N3CCCC3=O)cc2)C1)OCc1ccccc1. The highest BCUT2D eigenvalue weighted by atomic mass is 16.5. The number of carbonyl (C=O) groups excluding carboxylic acids is 3. The predicted octanol–water partition coefficient (Wildman–Crippen LogP) is 2.56. The Kier molecular flexibility index (Phi) is 5.46. The molecule has 0 bridgehead atoms. The van der Waals surface area contributed by atoms with Gasteiger partial charge in [-0.1, -0.05) is 30.3 Å². The van der Waals surface area contributed by atoms with E-state index in [2.05, 4.69) is 5.32 Å². The van der Waals surface area contributed by atoms with Crippen molar-refractivity contribution in [3.8, 4) is 0 Å². The molecule has 4 rings (SSSR count).